The third-order valence-electron chi connectivity index (χ3n) is 3.56. The fraction of sp³-hybridized carbons (Fsp3) is 0.250. The Morgan fingerprint density at radius 2 is 1.65 bits per heavy atom. The summed E-state index contributed by atoms with van der Waals surface area (Å²) in [7, 11) is 0. The highest BCUT2D eigenvalue weighted by molar-refractivity contribution is 5.85. The van der Waals surface area contributed by atoms with Gasteiger partial charge in [-0.05, 0) is 23.3 Å². The first-order valence-corrected chi connectivity index (χ1v) is 6.53. The summed E-state index contributed by atoms with van der Waals surface area (Å²) in [5.74, 6) is 0.878. The SMILES string of the molecule is Cl.NC1(c2ccc(OCc3ccccc3)cc2)CNC1. The van der Waals surface area contributed by atoms with Gasteiger partial charge in [-0.3, -0.25) is 0 Å². The highest BCUT2D eigenvalue weighted by atomic mass is 35.5. The Morgan fingerprint density at radius 3 is 2.20 bits per heavy atom. The molecule has 20 heavy (non-hydrogen) atoms. The zero-order chi connectivity index (χ0) is 13.1. The molecule has 0 unspecified atom stereocenters. The number of nitrogens with one attached hydrogen (secondary N) is 1. The second kappa shape index (κ2) is 6.27. The first-order chi connectivity index (χ1) is 9.26. The third kappa shape index (κ3) is 3.12. The number of halogens is 1. The van der Waals surface area contributed by atoms with Crippen molar-refractivity contribution in [2.45, 2.75) is 12.1 Å². The van der Waals surface area contributed by atoms with Crippen LogP contribution in [0.5, 0.6) is 5.75 Å². The normalized spacial score (nSPS) is 15.8. The smallest absolute Gasteiger partial charge is 0.119 e. The Labute approximate surface area is 125 Å². The van der Waals surface area contributed by atoms with Gasteiger partial charge in [-0.2, -0.15) is 0 Å². The molecule has 2 aromatic carbocycles. The standard InChI is InChI=1S/C16H18N2O.ClH/c17-16(11-18-12-16)14-6-8-15(9-7-14)19-10-13-4-2-1-3-5-13;/h1-9,18H,10-12,17H2;1H. The molecule has 0 bridgehead atoms. The van der Waals surface area contributed by atoms with Gasteiger partial charge in [-0.1, -0.05) is 42.5 Å². The van der Waals surface area contributed by atoms with E-state index in [0.29, 0.717) is 6.61 Å². The van der Waals surface area contributed by atoms with Gasteiger partial charge in [0.05, 0.1) is 5.54 Å². The van der Waals surface area contributed by atoms with Crippen molar-refractivity contribution in [1.29, 1.82) is 0 Å². The second-order valence-corrected chi connectivity index (χ2v) is 5.06. The Balaban J connectivity index is 0.00000147. The Kier molecular flexibility index (Phi) is 4.65. The largest absolute Gasteiger partial charge is 0.489 e. The summed E-state index contributed by atoms with van der Waals surface area (Å²) in [4.78, 5) is 0. The molecule has 0 amide bonds. The van der Waals surface area contributed by atoms with Gasteiger partial charge < -0.3 is 15.8 Å². The van der Waals surface area contributed by atoms with Gasteiger partial charge in [0.25, 0.3) is 0 Å². The maximum atomic E-state index is 6.24. The molecule has 1 saturated heterocycles. The topological polar surface area (TPSA) is 47.3 Å². The molecule has 4 heteroatoms. The lowest BCUT2D eigenvalue weighted by molar-refractivity contribution is 0.285. The van der Waals surface area contributed by atoms with Crippen LogP contribution in [0, 0.1) is 0 Å². The predicted molar refractivity (Wildman–Crippen MR) is 83.2 cm³/mol. The summed E-state index contributed by atoms with van der Waals surface area (Å²) in [5.41, 5.74) is 8.38. The van der Waals surface area contributed by atoms with Crippen LogP contribution in [0.3, 0.4) is 0 Å². The maximum absolute atomic E-state index is 6.24. The average molecular weight is 291 g/mol. The first kappa shape index (κ1) is 14.9. The molecule has 0 aliphatic carbocycles. The van der Waals surface area contributed by atoms with Crippen molar-refractivity contribution in [1.82, 2.24) is 5.32 Å². The summed E-state index contributed by atoms with van der Waals surface area (Å²) < 4.78 is 5.75. The van der Waals surface area contributed by atoms with E-state index in [-0.39, 0.29) is 17.9 Å². The fourth-order valence-electron chi connectivity index (χ4n) is 2.22. The van der Waals surface area contributed by atoms with Gasteiger partial charge in [-0.25, -0.2) is 0 Å². The minimum atomic E-state index is -0.196. The van der Waals surface area contributed by atoms with E-state index in [9.17, 15) is 0 Å². The molecular weight excluding hydrogens is 272 g/mol. The van der Waals surface area contributed by atoms with Crippen molar-refractivity contribution in [3.63, 3.8) is 0 Å². The first-order valence-electron chi connectivity index (χ1n) is 6.53. The molecule has 1 aliphatic rings. The van der Waals surface area contributed by atoms with E-state index in [4.69, 9.17) is 10.5 Å². The van der Waals surface area contributed by atoms with E-state index in [1.54, 1.807) is 0 Å². The van der Waals surface area contributed by atoms with Gasteiger partial charge in [0.2, 0.25) is 0 Å². The molecule has 1 heterocycles. The Morgan fingerprint density at radius 1 is 1.00 bits per heavy atom. The molecule has 0 radical (unpaired) electrons. The van der Waals surface area contributed by atoms with Crippen molar-refractivity contribution in [3.05, 3.63) is 65.7 Å². The van der Waals surface area contributed by atoms with Crippen LogP contribution in [0.1, 0.15) is 11.1 Å². The van der Waals surface area contributed by atoms with E-state index in [0.717, 1.165) is 18.8 Å². The van der Waals surface area contributed by atoms with E-state index in [2.05, 4.69) is 29.6 Å². The Hall–Kier alpha value is -1.55. The molecule has 3 rings (SSSR count). The summed E-state index contributed by atoms with van der Waals surface area (Å²) in [6.07, 6.45) is 0. The molecule has 0 atom stereocenters. The lowest BCUT2D eigenvalue weighted by Gasteiger charge is -2.39. The minimum Gasteiger partial charge on any atom is -0.489 e. The maximum Gasteiger partial charge on any atom is 0.119 e. The molecule has 106 valence electrons. The van der Waals surface area contributed by atoms with Crippen LogP contribution in [0.15, 0.2) is 54.6 Å². The van der Waals surface area contributed by atoms with Gasteiger partial charge in [-0.15, -0.1) is 12.4 Å². The second-order valence-electron chi connectivity index (χ2n) is 5.06. The van der Waals surface area contributed by atoms with Gasteiger partial charge in [0, 0.05) is 13.1 Å². The van der Waals surface area contributed by atoms with Crippen LogP contribution in [-0.2, 0) is 12.1 Å². The lowest BCUT2D eigenvalue weighted by Crippen LogP contribution is -2.62. The molecule has 0 saturated carbocycles. The quantitative estimate of drug-likeness (QED) is 0.909. The number of ether oxygens (including phenoxy) is 1. The van der Waals surface area contributed by atoms with Crippen molar-refractivity contribution in [3.8, 4) is 5.75 Å². The zero-order valence-corrected chi connectivity index (χ0v) is 12.0. The van der Waals surface area contributed by atoms with Crippen molar-refractivity contribution in [2.75, 3.05) is 13.1 Å². The molecular formula is C16H19ClN2O. The molecule has 3 nitrogen and oxygen atoms in total. The summed E-state index contributed by atoms with van der Waals surface area (Å²) in [5, 5.41) is 3.21. The monoisotopic (exact) mass is 290 g/mol. The van der Waals surface area contributed by atoms with Crippen molar-refractivity contribution in [2.24, 2.45) is 5.73 Å². The highest BCUT2D eigenvalue weighted by Gasteiger charge is 2.33. The van der Waals surface area contributed by atoms with E-state index >= 15 is 0 Å². The van der Waals surface area contributed by atoms with Gasteiger partial charge >= 0.3 is 0 Å². The minimum absolute atomic E-state index is 0. The van der Waals surface area contributed by atoms with Gasteiger partial charge in [0.1, 0.15) is 12.4 Å². The predicted octanol–water partition coefficient (Wildman–Crippen LogP) is 2.44. The highest BCUT2D eigenvalue weighted by Crippen LogP contribution is 2.24. The van der Waals surface area contributed by atoms with E-state index < -0.39 is 0 Å². The van der Waals surface area contributed by atoms with Gasteiger partial charge in [0.15, 0.2) is 0 Å². The number of rotatable bonds is 4. The number of nitrogens with two attached hydrogens (primary N) is 1. The summed E-state index contributed by atoms with van der Waals surface area (Å²) >= 11 is 0. The summed E-state index contributed by atoms with van der Waals surface area (Å²) in [6, 6.07) is 18.3. The lowest BCUT2D eigenvalue weighted by atomic mass is 9.85. The molecule has 3 N–H and O–H groups in total. The van der Waals surface area contributed by atoms with Crippen LogP contribution >= 0.6 is 12.4 Å². The Bertz CT molecular complexity index is 538. The molecule has 1 aliphatic heterocycles. The third-order valence-corrected chi connectivity index (χ3v) is 3.56. The summed E-state index contributed by atoms with van der Waals surface area (Å²) in [6.45, 7) is 2.28. The fourth-order valence-corrected chi connectivity index (χ4v) is 2.22. The van der Waals surface area contributed by atoms with Crippen molar-refractivity contribution < 1.29 is 4.74 Å². The van der Waals surface area contributed by atoms with Crippen molar-refractivity contribution >= 4 is 12.4 Å². The van der Waals surface area contributed by atoms with Crippen LogP contribution < -0.4 is 15.8 Å². The zero-order valence-electron chi connectivity index (χ0n) is 11.2. The van der Waals surface area contributed by atoms with E-state index in [1.807, 2.05) is 30.3 Å². The number of benzene rings is 2. The van der Waals surface area contributed by atoms with Crippen LogP contribution in [-0.4, -0.2) is 13.1 Å². The van der Waals surface area contributed by atoms with Crippen LogP contribution in [0.25, 0.3) is 0 Å². The molecule has 1 fully saturated rings. The molecule has 0 spiro atoms. The average Bonchev–Trinajstić information content (AvgIpc) is 2.44. The molecule has 2 aromatic rings. The number of hydrogen-bond donors (Lipinski definition) is 2. The van der Waals surface area contributed by atoms with Crippen LogP contribution in [0.2, 0.25) is 0 Å². The van der Waals surface area contributed by atoms with E-state index in [1.165, 1.54) is 11.1 Å². The molecule has 0 aromatic heterocycles. The number of hydrogen-bond acceptors (Lipinski definition) is 3. The van der Waals surface area contributed by atoms with Crippen LogP contribution in [0.4, 0.5) is 0 Å².